The Morgan fingerprint density at radius 2 is 1.69 bits per heavy atom. The van der Waals surface area contributed by atoms with Gasteiger partial charge in [0.1, 0.15) is 5.75 Å². The highest BCUT2D eigenvalue weighted by atomic mass is 16.3. The Kier molecular flexibility index (Phi) is 2.52. The number of benzene rings is 1. The van der Waals surface area contributed by atoms with Crippen molar-refractivity contribution in [2.24, 2.45) is 0 Å². The van der Waals surface area contributed by atoms with Gasteiger partial charge < -0.3 is 9.67 Å². The van der Waals surface area contributed by atoms with Crippen molar-refractivity contribution in [3.63, 3.8) is 0 Å². The predicted octanol–water partition coefficient (Wildman–Crippen LogP) is 2.16. The first kappa shape index (κ1) is 10.5. The van der Waals surface area contributed by atoms with Crippen LogP contribution in [0.5, 0.6) is 5.75 Å². The lowest BCUT2D eigenvalue weighted by Gasteiger charge is -2.14. The summed E-state index contributed by atoms with van der Waals surface area (Å²) in [5.74, 6) is 0.218. The molecule has 0 bridgehead atoms. The number of aromatic nitrogens is 1. The van der Waals surface area contributed by atoms with Crippen molar-refractivity contribution in [1.82, 2.24) is 4.57 Å². The summed E-state index contributed by atoms with van der Waals surface area (Å²) < 4.78 is 1.93. The highest BCUT2D eigenvalue weighted by Gasteiger charge is 2.04. The molecule has 3 heteroatoms. The van der Waals surface area contributed by atoms with Crippen LogP contribution in [0.4, 0.5) is 0 Å². The standard InChI is InChI=1S/C13H13NO2/c1-9-6-13(16)7-10(2)14(9)11-4-3-5-12(15)8-11/h3-8,15H,1-2H3. The van der Waals surface area contributed by atoms with E-state index < -0.39 is 0 Å². The Morgan fingerprint density at radius 1 is 1.06 bits per heavy atom. The van der Waals surface area contributed by atoms with Crippen molar-refractivity contribution in [3.05, 3.63) is 58.0 Å². The molecule has 0 aliphatic carbocycles. The van der Waals surface area contributed by atoms with Gasteiger partial charge in [-0.3, -0.25) is 4.79 Å². The van der Waals surface area contributed by atoms with Crippen molar-refractivity contribution in [2.45, 2.75) is 13.8 Å². The molecule has 1 aromatic heterocycles. The molecule has 0 radical (unpaired) electrons. The molecule has 2 aromatic rings. The van der Waals surface area contributed by atoms with Crippen molar-refractivity contribution in [2.75, 3.05) is 0 Å². The van der Waals surface area contributed by atoms with Gasteiger partial charge in [-0.1, -0.05) is 6.07 Å². The number of phenolic OH excluding ortho intramolecular Hbond substituents is 1. The summed E-state index contributed by atoms with van der Waals surface area (Å²) in [5, 5.41) is 9.44. The van der Waals surface area contributed by atoms with Gasteiger partial charge >= 0.3 is 0 Å². The minimum absolute atomic E-state index is 0.00593. The van der Waals surface area contributed by atoms with Crippen LogP contribution in [0, 0.1) is 13.8 Å². The summed E-state index contributed by atoms with van der Waals surface area (Å²) in [6, 6.07) is 10.1. The maximum absolute atomic E-state index is 11.3. The van der Waals surface area contributed by atoms with Gasteiger partial charge in [0.15, 0.2) is 5.43 Å². The molecule has 0 unspecified atom stereocenters. The van der Waals surface area contributed by atoms with Gasteiger partial charge in [0.25, 0.3) is 0 Å². The Hall–Kier alpha value is -2.03. The zero-order valence-corrected chi connectivity index (χ0v) is 9.27. The fourth-order valence-corrected chi connectivity index (χ4v) is 1.90. The van der Waals surface area contributed by atoms with E-state index in [1.54, 1.807) is 30.3 Å². The van der Waals surface area contributed by atoms with Gasteiger partial charge in [-0.2, -0.15) is 0 Å². The zero-order valence-electron chi connectivity index (χ0n) is 9.27. The van der Waals surface area contributed by atoms with Crippen LogP contribution < -0.4 is 5.43 Å². The molecule has 0 fully saturated rings. The topological polar surface area (TPSA) is 42.2 Å². The highest BCUT2D eigenvalue weighted by Crippen LogP contribution is 2.17. The monoisotopic (exact) mass is 215 g/mol. The number of hydrogen-bond donors (Lipinski definition) is 1. The van der Waals surface area contributed by atoms with Crippen molar-refractivity contribution in [1.29, 1.82) is 0 Å². The van der Waals surface area contributed by atoms with E-state index in [1.165, 1.54) is 0 Å². The van der Waals surface area contributed by atoms with Gasteiger partial charge in [-0.15, -0.1) is 0 Å². The van der Waals surface area contributed by atoms with Crippen LogP contribution in [0.2, 0.25) is 0 Å². The number of aromatic hydroxyl groups is 1. The normalized spacial score (nSPS) is 10.4. The number of aryl methyl sites for hydroxylation is 2. The molecule has 0 atom stereocenters. The van der Waals surface area contributed by atoms with E-state index in [1.807, 2.05) is 24.5 Å². The zero-order chi connectivity index (χ0) is 11.7. The summed E-state index contributed by atoms with van der Waals surface area (Å²) in [7, 11) is 0. The van der Waals surface area contributed by atoms with Crippen molar-refractivity contribution < 1.29 is 5.11 Å². The molecule has 1 N–H and O–H groups in total. The third-order valence-corrected chi connectivity index (χ3v) is 2.50. The third-order valence-electron chi connectivity index (χ3n) is 2.50. The van der Waals surface area contributed by atoms with E-state index >= 15 is 0 Å². The average molecular weight is 215 g/mol. The van der Waals surface area contributed by atoms with E-state index in [-0.39, 0.29) is 11.2 Å². The van der Waals surface area contributed by atoms with E-state index in [2.05, 4.69) is 0 Å². The lowest BCUT2D eigenvalue weighted by atomic mass is 10.2. The van der Waals surface area contributed by atoms with Gasteiger partial charge in [0.05, 0.1) is 0 Å². The Balaban J connectivity index is 2.69. The molecule has 1 heterocycles. The van der Waals surface area contributed by atoms with Crippen LogP contribution in [0.1, 0.15) is 11.4 Å². The molecule has 0 saturated heterocycles. The SMILES string of the molecule is Cc1cc(=O)cc(C)n1-c1cccc(O)c1. The summed E-state index contributed by atoms with van der Waals surface area (Å²) in [6.07, 6.45) is 0. The molecule has 3 nitrogen and oxygen atoms in total. The molecule has 1 aromatic carbocycles. The molecular weight excluding hydrogens is 202 g/mol. The van der Waals surface area contributed by atoms with Gasteiger partial charge in [0, 0.05) is 35.3 Å². The molecule has 0 spiro atoms. The molecule has 0 saturated carbocycles. The van der Waals surface area contributed by atoms with Crippen molar-refractivity contribution >= 4 is 0 Å². The Morgan fingerprint density at radius 3 is 2.25 bits per heavy atom. The summed E-state index contributed by atoms with van der Waals surface area (Å²) >= 11 is 0. The second-order valence-corrected chi connectivity index (χ2v) is 3.83. The second-order valence-electron chi connectivity index (χ2n) is 3.83. The fraction of sp³-hybridized carbons (Fsp3) is 0.154. The summed E-state index contributed by atoms with van der Waals surface area (Å²) in [4.78, 5) is 11.3. The van der Waals surface area contributed by atoms with E-state index in [0.29, 0.717) is 0 Å². The van der Waals surface area contributed by atoms with E-state index in [0.717, 1.165) is 17.1 Å². The molecular formula is C13H13NO2. The fourth-order valence-electron chi connectivity index (χ4n) is 1.90. The van der Waals surface area contributed by atoms with E-state index in [4.69, 9.17) is 0 Å². The van der Waals surface area contributed by atoms with Gasteiger partial charge in [-0.05, 0) is 26.0 Å². The van der Waals surface area contributed by atoms with Crippen LogP contribution in [-0.4, -0.2) is 9.67 Å². The average Bonchev–Trinajstić information content (AvgIpc) is 2.15. The minimum atomic E-state index is 0.00593. The first-order chi connectivity index (χ1) is 7.58. The Bertz CT molecular complexity index is 558. The summed E-state index contributed by atoms with van der Waals surface area (Å²) in [5.41, 5.74) is 2.58. The minimum Gasteiger partial charge on any atom is -0.508 e. The first-order valence-electron chi connectivity index (χ1n) is 5.07. The second kappa shape index (κ2) is 3.85. The number of phenols is 1. The maximum Gasteiger partial charge on any atom is 0.182 e. The molecule has 82 valence electrons. The van der Waals surface area contributed by atoms with Crippen molar-refractivity contribution in [3.8, 4) is 11.4 Å². The molecule has 0 aliphatic rings. The number of hydrogen-bond acceptors (Lipinski definition) is 2. The summed E-state index contributed by atoms with van der Waals surface area (Å²) in [6.45, 7) is 3.75. The number of nitrogens with zero attached hydrogens (tertiary/aromatic N) is 1. The molecule has 2 rings (SSSR count). The van der Waals surface area contributed by atoms with E-state index in [9.17, 15) is 9.90 Å². The van der Waals surface area contributed by atoms with Crippen LogP contribution in [-0.2, 0) is 0 Å². The molecule has 0 aliphatic heterocycles. The van der Waals surface area contributed by atoms with Crippen LogP contribution in [0.25, 0.3) is 5.69 Å². The number of pyridine rings is 1. The maximum atomic E-state index is 11.3. The highest BCUT2D eigenvalue weighted by molar-refractivity contribution is 5.41. The van der Waals surface area contributed by atoms with Crippen LogP contribution >= 0.6 is 0 Å². The molecule has 16 heavy (non-hydrogen) atoms. The van der Waals surface area contributed by atoms with Gasteiger partial charge in [0.2, 0.25) is 0 Å². The molecule has 0 amide bonds. The first-order valence-corrected chi connectivity index (χ1v) is 5.07. The smallest absolute Gasteiger partial charge is 0.182 e. The van der Waals surface area contributed by atoms with Crippen LogP contribution in [0.15, 0.2) is 41.2 Å². The number of rotatable bonds is 1. The lowest BCUT2D eigenvalue weighted by molar-refractivity contribution is 0.475. The largest absolute Gasteiger partial charge is 0.508 e. The quantitative estimate of drug-likeness (QED) is 0.792. The lowest BCUT2D eigenvalue weighted by Crippen LogP contribution is -2.11. The Labute approximate surface area is 93.6 Å². The van der Waals surface area contributed by atoms with Gasteiger partial charge in [-0.25, -0.2) is 0 Å². The van der Waals surface area contributed by atoms with Crippen LogP contribution in [0.3, 0.4) is 0 Å². The predicted molar refractivity (Wildman–Crippen MR) is 63.2 cm³/mol. The third kappa shape index (κ3) is 1.84.